The first kappa shape index (κ1) is 15.5. The number of aryl methyl sites for hydroxylation is 2. The van der Waals surface area contributed by atoms with E-state index in [1.807, 2.05) is 30.8 Å². The average molecular weight is 357 g/mol. The summed E-state index contributed by atoms with van der Waals surface area (Å²) in [7, 11) is 1.98. The lowest BCUT2D eigenvalue weighted by Gasteiger charge is -2.15. The predicted molar refractivity (Wildman–Crippen MR) is 87.0 cm³/mol. The van der Waals surface area contributed by atoms with Gasteiger partial charge < -0.3 is 5.73 Å². The van der Waals surface area contributed by atoms with Crippen molar-refractivity contribution >= 4 is 27.5 Å². The number of rotatable bonds is 5. The number of nitrogens with two attached hydrogens (primary N) is 1. The van der Waals surface area contributed by atoms with Crippen molar-refractivity contribution in [2.24, 2.45) is 18.7 Å². The van der Waals surface area contributed by atoms with Gasteiger partial charge in [0.05, 0.1) is 15.9 Å². The van der Waals surface area contributed by atoms with Gasteiger partial charge in [-0.05, 0) is 65.9 Å². The van der Waals surface area contributed by atoms with E-state index in [1.54, 1.807) is 0 Å². The van der Waals surface area contributed by atoms with E-state index in [2.05, 4.69) is 33.2 Å². The molecule has 0 bridgehead atoms. The molecule has 20 heavy (non-hydrogen) atoms. The van der Waals surface area contributed by atoms with Crippen molar-refractivity contribution in [1.82, 2.24) is 9.78 Å². The van der Waals surface area contributed by atoms with Gasteiger partial charge in [-0.15, -0.1) is 0 Å². The minimum atomic E-state index is 0.391. The van der Waals surface area contributed by atoms with Crippen LogP contribution in [-0.4, -0.2) is 16.3 Å². The lowest BCUT2D eigenvalue weighted by molar-refractivity contribution is 0.510. The van der Waals surface area contributed by atoms with Crippen LogP contribution >= 0.6 is 27.5 Å². The zero-order valence-electron chi connectivity index (χ0n) is 11.7. The Labute approximate surface area is 133 Å². The van der Waals surface area contributed by atoms with E-state index in [4.69, 9.17) is 17.3 Å². The summed E-state index contributed by atoms with van der Waals surface area (Å²) in [6, 6.07) is 7.98. The Kier molecular flexibility index (Phi) is 5.24. The van der Waals surface area contributed by atoms with Gasteiger partial charge in [-0.1, -0.05) is 23.7 Å². The highest BCUT2D eigenvalue weighted by molar-refractivity contribution is 9.10. The smallest absolute Gasteiger partial charge is 0.0738 e. The van der Waals surface area contributed by atoms with Crippen molar-refractivity contribution in [1.29, 1.82) is 0 Å². The molecule has 1 heterocycles. The number of hydrogen-bond acceptors (Lipinski definition) is 2. The van der Waals surface area contributed by atoms with E-state index < -0.39 is 0 Å². The fourth-order valence-electron chi connectivity index (χ4n) is 2.37. The van der Waals surface area contributed by atoms with Crippen molar-refractivity contribution in [3.05, 3.63) is 50.7 Å². The van der Waals surface area contributed by atoms with Gasteiger partial charge in [0, 0.05) is 12.1 Å². The van der Waals surface area contributed by atoms with Crippen LogP contribution in [0.25, 0.3) is 0 Å². The monoisotopic (exact) mass is 355 g/mol. The predicted octanol–water partition coefficient (Wildman–Crippen LogP) is 3.50. The van der Waals surface area contributed by atoms with Gasteiger partial charge in [0.25, 0.3) is 0 Å². The second kappa shape index (κ2) is 6.74. The molecule has 0 amide bonds. The molecule has 1 aromatic carbocycles. The second-order valence-electron chi connectivity index (χ2n) is 5.11. The first-order chi connectivity index (χ1) is 9.51. The summed E-state index contributed by atoms with van der Waals surface area (Å²) in [6.07, 6.45) is 1.86. The maximum Gasteiger partial charge on any atom is 0.0738 e. The quantitative estimate of drug-likeness (QED) is 0.891. The van der Waals surface area contributed by atoms with Gasteiger partial charge in [-0.3, -0.25) is 4.68 Å². The molecule has 0 radical (unpaired) electrons. The van der Waals surface area contributed by atoms with Crippen LogP contribution in [0.5, 0.6) is 0 Å². The molecule has 0 spiro atoms. The van der Waals surface area contributed by atoms with Crippen LogP contribution in [0.2, 0.25) is 5.02 Å². The van der Waals surface area contributed by atoms with Crippen molar-refractivity contribution in [3.8, 4) is 0 Å². The standard InChI is InChI=1S/C15H19BrClN3/c1-10-15(16)14(20(2)19-10)8-12(9-18)7-11-3-5-13(17)6-4-11/h3-6,12H,7-9,18H2,1-2H3. The minimum absolute atomic E-state index is 0.391. The van der Waals surface area contributed by atoms with E-state index in [0.717, 1.165) is 28.0 Å². The van der Waals surface area contributed by atoms with Crippen molar-refractivity contribution < 1.29 is 0 Å². The summed E-state index contributed by atoms with van der Waals surface area (Å²) in [5.74, 6) is 0.391. The molecule has 0 saturated heterocycles. The number of nitrogens with zero attached hydrogens (tertiary/aromatic N) is 2. The molecule has 5 heteroatoms. The maximum absolute atomic E-state index is 5.93. The zero-order chi connectivity index (χ0) is 14.7. The molecule has 1 unspecified atom stereocenters. The third kappa shape index (κ3) is 3.62. The third-order valence-electron chi connectivity index (χ3n) is 3.51. The number of hydrogen-bond donors (Lipinski definition) is 1. The van der Waals surface area contributed by atoms with Crippen LogP contribution in [-0.2, 0) is 19.9 Å². The maximum atomic E-state index is 5.93. The molecule has 3 nitrogen and oxygen atoms in total. The molecular formula is C15H19BrClN3. The molecule has 1 aromatic heterocycles. The Bertz CT molecular complexity index is 578. The summed E-state index contributed by atoms with van der Waals surface area (Å²) in [5.41, 5.74) is 9.42. The Morgan fingerprint density at radius 2 is 1.95 bits per heavy atom. The number of aromatic nitrogens is 2. The molecule has 0 fully saturated rings. The van der Waals surface area contributed by atoms with Crippen LogP contribution in [0.3, 0.4) is 0 Å². The van der Waals surface area contributed by atoms with Crippen LogP contribution < -0.4 is 5.73 Å². The Hall–Kier alpha value is -0.840. The van der Waals surface area contributed by atoms with Gasteiger partial charge >= 0.3 is 0 Å². The van der Waals surface area contributed by atoms with Gasteiger partial charge in [0.15, 0.2) is 0 Å². The molecular weight excluding hydrogens is 338 g/mol. The molecule has 2 rings (SSSR count). The molecule has 0 aliphatic heterocycles. The van der Waals surface area contributed by atoms with Crippen LogP contribution in [0, 0.1) is 12.8 Å². The van der Waals surface area contributed by atoms with Crippen LogP contribution in [0.1, 0.15) is 17.0 Å². The van der Waals surface area contributed by atoms with Crippen LogP contribution in [0.4, 0.5) is 0 Å². The first-order valence-corrected chi connectivity index (χ1v) is 7.80. The fraction of sp³-hybridized carbons (Fsp3) is 0.400. The summed E-state index contributed by atoms with van der Waals surface area (Å²) >= 11 is 9.53. The van der Waals surface area contributed by atoms with E-state index in [9.17, 15) is 0 Å². The fourth-order valence-corrected chi connectivity index (χ4v) is 2.99. The first-order valence-electron chi connectivity index (χ1n) is 6.63. The zero-order valence-corrected chi connectivity index (χ0v) is 14.1. The molecule has 0 aliphatic carbocycles. The molecule has 2 aromatic rings. The Morgan fingerprint density at radius 3 is 2.45 bits per heavy atom. The normalized spacial score (nSPS) is 12.7. The molecule has 0 saturated carbocycles. The second-order valence-corrected chi connectivity index (χ2v) is 6.34. The summed E-state index contributed by atoms with van der Waals surface area (Å²) in [6.45, 7) is 2.66. The topological polar surface area (TPSA) is 43.8 Å². The summed E-state index contributed by atoms with van der Waals surface area (Å²) in [4.78, 5) is 0. The van der Waals surface area contributed by atoms with Gasteiger partial charge in [-0.25, -0.2) is 0 Å². The average Bonchev–Trinajstić information content (AvgIpc) is 2.66. The van der Waals surface area contributed by atoms with Gasteiger partial charge in [0.2, 0.25) is 0 Å². The molecule has 2 N–H and O–H groups in total. The van der Waals surface area contributed by atoms with Crippen molar-refractivity contribution in [3.63, 3.8) is 0 Å². The lowest BCUT2D eigenvalue weighted by atomic mass is 9.95. The highest BCUT2D eigenvalue weighted by atomic mass is 79.9. The Morgan fingerprint density at radius 1 is 1.30 bits per heavy atom. The highest BCUT2D eigenvalue weighted by Crippen LogP contribution is 2.24. The van der Waals surface area contributed by atoms with E-state index >= 15 is 0 Å². The van der Waals surface area contributed by atoms with E-state index in [1.165, 1.54) is 11.3 Å². The highest BCUT2D eigenvalue weighted by Gasteiger charge is 2.16. The Balaban J connectivity index is 2.11. The minimum Gasteiger partial charge on any atom is -0.330 e. The SMILES string of the molecule is Cc1nn(C)c(CC(CN)Cc2ccc(Cl)cc2)c1Br. The molecule has 0 aliphatic rings. The number of benzene rings is 1. The van der Waals surface area contributed by atoms with Gasteiger partial charge in [-0.2, -0.15) is 5.10 Å². The molecule has 108 valence electrons. The van der Waals surface area contributed by atoms with E-state index in [0.29, 0.717) is 12.5 Å². The largest absolute Gasteiger partial charge is 0.330 e. The van der Waals surface area contributed by atoms with Gasteiger partial charge in [0.1, 0.15) is 0 Å². The molecule has 1 atom stereocenters. The summed E-state index contributed by atoms with van der Waals surface area (Å²) in [5, 5.41) is 5.19. The van der Waals surface area contributed by atoms with Crippen molar-refractivity contribution in [2.75, 3.05) is 6.54 Å². The van der Waals surface area contributed by atoms with Crippen LogP contribution in [0.15, 0.2) is 28.7 Å². The lowest BCUT2D eigenvalue weighted by Crippen LogP contribution is -2.20. The van der Waals surface area contributed by atoms with E-state index in [-0.39, 0.29) is 0 Å². The van der Waals surface area contributed by atoms with Crippen molar-refractivity contribution in [2.45, 2.75) is 19.8 Å². The summed E-state index contributed by atoms with van der Waals surface area (Å²) < 4.78 is 3.03. The number of halogens is 2. The third-order valence-corrected chi connectivity index (χ3v) is 4.80.